The molecule has 0 radical (unpaired) electrons. The molecule has 0 amide bonds. The molecule has 0 unspecified atom stereocenters. The van der Waals surface area contributed by atoms with E-state index in [0.29, 0.717) is 19.0 Å². The van der Waals surface area contributed by atoms with E-state index < -0.39 is 0 Å². The molecule has 118 valence electrons. The van der Waals surface area contributed by atoms with Gasteiger partial charge in [-0.3, -0.25) is 0 Å². The monoisotopic (exact) mass is 292 g/mol. The summed E-state index contributed by atoms with van der Waals surface area (Å²) >= 11 is 0. The molecule has 21 heavy (non-hydrogen) atoms. The van der Waals surface area contributed by atoms with Crippen LogP contribution in [0.3, 0.4) is 0 Å². The molecule has 1 aromatic heterocycles. The molecule has 1 heterocycles. The molecule has 1 aromatic rings. The highest BCUT2D eigenvalue weighted by Gasteiger charge is 2.35. The van der Waals surface area contributed by atoms with Crippen LogP contribution >= 0.6 is 0 Å². The zero-order valence-electron chi connectivity index (χ0n) is 13.5. The lowest BCUT2D eigenvalue weighted by molar-refractivity contribution is -0.0851. The Morgan fingerprint density at radius 1 is 1.33 bits per heavy atom. The number of nitrogens with zero attached hydrogens (tertiary/aromatic N) is 1. The van der Waals surface area contributed by atoms with Crippen molar-refractivity contribution in [1.29, 1.82) is 0 Å². The zero-order chi connectivity index (χ0) is 15.3. The normalized spacial score (nSPS) is 26.0. The number of hydrogen-bond donors (Lipinski definition) is 1. The fourth-order valence-electron chi connectivity index (χ4n) is 3.12. The Labute approximate surface area is 128 Å². The molecule has 0 aliphatic heterocycles. The predicted molar refractivity (Wildman–Crippen MR) is 84.2 cm³/mol. The van der Waals surface area contributed by atoms with E-state index in [-0.39, 0.29) is 5.60 Å². The quantitative estimate of drug-likeness (QED) is 0.875. The number of rotatable bonds is 6. The number of ether oxygens (including phenoxy) is 2. The maximum absolute atomic E-state index is 6.19. The third kappa shape index (κ3) is 4.17. The van der Waals surface area contributed by atoms with Crippen LogP contribution in [-0.2, 0) is 11.3 Å². The van der Waals surface area contributed by atoms with Crippen LogP contribution < -0.4 is 10.5 Å². The zero-order valence-corrected chi connectivity index (χ0v) is 13.5. The van der Waals surface area contributed by atoms with E-state index in [1.807, 2.05) is 18.2 Å². The predicted octanol–water partition coefficient (Wildman–Crippen LogP) is 3.15. The first kappa shape index (κ1) is 16.2. The molecule has 4 nitrogen and oxygen atoms in total. The van der Waals surface area contributed by atoms with Gasteiger partial charge in [-0.05, 0) is 43.6 Å². The molecule has 2 rings (SSSR count). The highest BCUT2D eigenvalue weighted by Crippen LogP contribution is 2.38. The maximum Gasteiger partial charge on any atom is 0.213 e. The number of nitrogens with two attached hydrogens (primary N) is 1. The van der Waals surface area contributed by atoms with Gasteiger partial charge in [-0.1, -0.05) is 19.9 Å². The summed E-state index contributed by atoms with van der Waals surface area (Å²) in [7, 11) is 1.63. The second-order valence-corrected chi connectivity index (χ2v) is 6.43. The molecule has 0 atom stereocenters. The van der Waals surface area contributed by atoms with Gasteiger partial charge >= 0.3 is 0 Å². The highest BCUT2D eigenvalue weighted by molar-refractivity contribution is 5.15. The van der Waals surface area contributed by atoms with Crippen molar-refractivity contribution in [2.24, 2.45) is 17.6 Å². The van der Waals surface area contributed by atoms with E-state index in [2.05, 4.69) is 18.8 Å². The summed E-state index contributed by atoms with van der Waals surface area (Å²) in [6.45, 7) is 5.70. The summed E-state index contributed by atoms with van der Waals surface area (Å²) in [5.74, 6) is 2.19. The van der Waals surface area contributed by atoms with Crippen molar-refractivity contribution in [1.82, 2.24) is 4.98 Å². The van der Waals surface area contributed by atoms with E-state index in [9.17, 15) is 0 Å². The summed E-state index contributed by atoms with van der Waals surface area (Å²) in [6.07, 6.45) is 4.52. The van der Waals surface area contributed by atoms with Gasteiger partial charge in [0, 0.05) is 12.6 Å². The lowest BCUT2D eigenvalue weighted by atomic mass is 9.74. The van der Waals surface area contributed by atoms with Crippen molar-refractivity contribution in [3.8, 4) is 5.88 Å². The van der Waals surface area contributed by atoms with Crippen LogP contribution in [0.15, 0.2) is 18.2 Å². The largest absolute Gasteiger partial charge is 0.481 e. The van der Waals surface area contributed by atoms with E-state index in [1.165, 1.54) is 12.8 Å². The second-order valence-electron chi connectivity index (χ2n) is 6.43. The van der Waals surface area contributed by atoms with Crippen LogP contribution in [0.2, 0.25) is 0 Å². The van der Waals surface area contributed by atoms with Gasteiger partial charge in [0.1, 0.15) is 0 Å². The summed E-state index contributed by atoms with van der Waals surface area (Å²) in [6, 6.07) is 5.75. The molecule has 1 aliphatic rings. The van der Waals surface area contributed by atoms with Crippen molar-refractivity contribution in [3.63, 3.8) is 0 Å². The summed E-state index contributed by atoms with van der Waals surface area (Å²) < 4.78 is 11.3. The molecule has 0 saturated heterocycles. The molecule has 4 heteroatoms. The van der Waals surface area contributed by atoms with Crippen molar-refractivity contribution >= 4 is 0 Å². The van der Waals surface area contributed by atoms with Crippen molar-refractivity contribution in [2.75, 3.05) is 13.7 Å². The first-order valence-electron chi connectivity index (χ1n) is 7.92. The molecule has 1 fully saturated rings. The van der Waals surface area contributed by atoms with Gasteiger partial charge in [0.15, 0.2) is 0 Å². The fourth-order valence-corrected chi connectivity index (χ4v) is 3.12. The van der Waals surface area contributed by atoms with Crippen molar-refractivity contribution < 1.29 is 9.47 Å². The number of hydrogen-bond acceptors (Lipinski definition) is 4. The summed E-state index contributed by atoms with van der Waals surface area (Å²) in [5.41, 5.74) is 6.74. The Hall–Kier alpha value is -1.13. The number of pyridine rings is 1. The molecular weight excluding hydrogens is 264 g/mol. The Morgan fingerprint density at radius 2 is 2.05 bits per heavy atom. The van der Waals surface area contributed by atoms with Gasteiger partial charge in [-0.2, -0.15) is 0 Å². The molecule has 1 aliphatic carbocycles. The smallest absolute Gasteiger partial charge is 0.213 e. The van der Waals surface area contributed by atoms with Gasteiger partial charge in [0.25, 0.3) is 0 Å². The first-order chi connectivity index (χ1) is 10.1. The highest BCUT2D eigenvalue weighted by atomic mass is 16.5. The average molecular weight is 292 g/mol. The topological polar surface area (TPSA) is 57.4 Å². The summed E-state index contributed by atoms with van der Waals surface area (Å²) in [4.78, 5) is 4.40. The Kier molecular flexibility index (Phi) is 5.59. The molecule has 0 spiro atoms. The van der Waals surface area contributed by atoms with Gasteiger partial charge < -0.3 is 15.2 Å². The van der Waals surface area contributed by atoms with Crippen molar-refractivity contribution in [2.45, 2.75) is 51.7 Å². The van der Waals surface area contributed by atoms with Gasteiger partial charge in [0.2, 0.25) is 5.88 Å². The molecule has 0 aromatic carbocycles. The van der Waals surface area contributed by atoms with Gasteiger partial charge in [-0.15, -0.1) is 0 Å². The van der Waals surface area contributed by atoms with E-state index in [0.717, 1.165) is 30.4 Å². The van der Waals surface area contributed by atoms with Crippen LogP contribution in [-0.4, -0.2) is 24.2 Å². The van der Waals surface area contributed by atoms with Crippen LogP contribution in [0, 0.1) is 11.8 Å². The Bertz CT molecular complexity index is 440. The van der Waals surface area contributed by atoms with Crippen LogP contribution in [0.4, 0.5) is 0 Å². The first-order valence-corrected chi connectivity index (χ1v) is 7.92. The standard InChI is InChI=1S/C17H28N2O2/c1-13(2)14-7-9-17(12-18,10-8-14)21-11-15-5-4-6-16(19-15)20-3/h4-6,13-14H,7-12,18H2,1-3H3. The third-order valence-electron chi connectivity index (χ3n) is 4.77. The molecular formula is C17H28N2O2. The van der Waals surface area contributed by atoms with Crippen molar-refractivity contribution in [3.05, 3.63) is 23.9 Å². The van der Waals surface area contributed by atoms with E-state index in [4.69, 9.17) is 15.2 Å². The lowest BCUT2D eigenvalue weighted by Gasteiger charge is -2.40. The van der Waals surface area contributed by atoms with Gasteiger partial charge in [-0.25, -0.2) is 4.98 Å². The van der Waals surface area contributed by atoms with E-state index in [1.54, 1.807) is 7.11 Å². The molecule has 0 bridgehead atoms. The lowest BCUT2D eigenvalue weighted by Crippen LogP contribution is -2.44. The minimum absolute atomic E-state index is 0.170. The SMILES string of the molecule is COc1cccc(COC2(CN)CCC(C(C)C)CC2)n1. The number of aromatic nitrogens is 1. The minimum atomic E-state index is -0.170. The fraction of sp³-hybridized carbons (Fsp3) is 0.706. The van der Waals surface area contributed by atoms with Crippen LogP contribution in [0.25, 0.3) is 0 Å². The molecule has 1 saturated carbocycles. The Morgan fingerprint density at radius 3 is 2.62 bits per heavy atom. The van der Waals surface area contributed by atoms with Crippen LogP contribution in [0.1, 0.15) is 45.2 Å². The molecule has 2 N–H and O–H groups in total. The Balaban J connectivity index is 1.93. The minimum Gasteiger partial charge on any atom is -0.481 e. The second kappa shape index (κ2) is 7.23. The maximum atomic E-state index is 6.19. The van der Waals surface area contributed by atoms with Crippen LogP contribution in [0.5, 0.6) is 5.88 Å². The van der Waals surface area contributed by atoms with Gasteiger partial charge in [0.05, 0.1) is 25.0 Å². The average Bonchev–Trinajstić information content (AvgIpc) is 2.53. The third-order valence-corrected chi connectivity index (χ3v) is 4.77. The van der Waals surface area contributed by atoms with E-state index >= 15 is 0 Å². The summed E-state index contributed by atoms with van der Waals surface area (Å²) in [5, 5.41) is 0. The number of methoxy groups -OCH3 is 1.